The molecule has 0 spiro atoms. The Labute approximate surface area is 143 Å². The summed E-state index contributed by atoms with van der Waals surface area (Å²) in [4.78, 5) is 0. The highest BCUT2D eigenvalue weighted by molar-refractivity contribution is 6.32. The normalized spacial score (nSPS) is 12.1. The summed E-state index contributed by atoms with van der Waals surface area (Å²) in [5.74, 6) is 2.09. The molecule has 23 heavy (non-hydrogen) atoms. The number of rotatable bonds is 7. The average molecular weight is 334 g/mol. The Bertz CT molecular complexity index is 626. The van der Waals surface area contributed by atoms with E-state index in [1.165, 1.54) is 5.56 Å². The van der Waals surface area contributed by atoms with Gasteiger partial charge in [-0.3, -0.25) is 0 Å². The molecule has 2 aromatic rings. The fourth-order valence-corrected chi connectivity index (χ4v) is 2.50. The first-order valence-corrected chi connectivity index (χ1v) is 8.21. The Kier molecular flexibility index (Phi) is 6.17. The predicted octanol–water partition coefficient (Wildman–Crippen LogP) is 5.35. The molecule has 124 valence electrons. The lowest BCUT2D eigenvalue weighted by Gasteiger charge is -2.17. The van der Waals surface area contributed by atoms with Crippen LogP contribution in [-0.4, -0.2) is 19.8 Å². The second-order valence-electron chi connectivity index (χ2n) is 5.88. The third kappa shape index (κ3) is 5.07. The lowest BCUT2D eigenvalue weighted by Crippen LogP contribution is -2.22. The van der Waals surface area contributed by atoms with Crippen LogP contribution in [0.25, 0.3) is 0 Å². The van der Waals surface area contributed by atoms with Crippen LogP contribution in [0.15, 0.2) is 42.5 Å². The van der Waals surface area contributed by atoms with Gasteiger partial charge in [0.2, 0.25) is 0 Å². The number of ether oxygens (including phenoxy) is 2. The summed E-state index contributed by atoms with van der Waals surface area (Å²) in [6, 6.07) is 13.9. The molecule has 0 aliphatic carbocycles. The number of methoxy groups -OCH3 is 1. The number of hydrogen-bond donors (Lipinski definition) is 1. The van der Waals surface area contributed by atoms with Crippen molar-refractivity contribution in [2.45, 2.75) is 32.8 Å². The molecule has 1 atom stereocenters. The minimum Gasteiger partial charge on any atom is -0.495 e. The number of nitrogens with one attached hydrogen (secondary N) is 1. The Morgan fingerprint density at radius 2 is 1.74 bits per heavy atom. The maximum Gasteiger partial charge on any atom is 0.137 e. The van der Waals surface area contributed by atoms with Gasteiger partial charge in [0.05, 0.1) is 18.7 Å². The molecule has 0 saturated heterocycles. The van der Waals surface area contributed by atoms with Crippen LogP contribution in [0, 0.1) is 0 Å². The largest absolute Gasteiger partial charge is 0.495 e. The van der Waals surface area contributed by atoms with E-state index in [1.54, 1.807) is 7.11 Å². The molecule has 0 fully saturated rings. The first-order chi connectivity index (χ1) is 11.0. The standard InChI is InChI=1S/C19H24ClNO2/c1-13(2)15-5-8-17(9-6-15)23-14(3)12-21-16-7-10-19(22-4)18(20)11-16/h5-11,13-14,21H,12H2,1-4H3/t14-/m0/s1. The highest BCUT2D eigenvalue weighted by Gasteiger charge is 2.07. The van der Waals surface area contributed by atoms with E-state index in [0.29, 0.717) is 23.2 Å². The number of benzene rings is 2. The van der Waals surface area contributed by atoms with E-state index >= 15 is 0 Å². The zero-order valence-electron chi connectivity index (χ0n) is 14.1. The fourth-order valence-electron chi connectivity index (χ4n) is 2.24. The summed E-state index contributed by atoms with van der Waals surface area (Å²) in [5.41, 5.74) is 2.26. The monoisotopic (exact) mass is 333 g/mol. The van der Waals surface area contributed by atoms with Crippen LogP contribution in [0.4, 0.5) is 5.69 Å². The zero-order valence-corrected chi connectivity index (χ0v) is 14.9. The summed E-state index contributed by atoms with van der Waals surface area (Å²) in [6.45, 7) is 7.09. The minimum atomic E-state index is 0.0424. The summed E-state index contributed by atoms with van der Waals surface area (Å²) in [7, 11) is 1.61. The van der Waals surface area contributed by atoms with E-state index in [0.717, 1.165) is 11.4 Å². The lowest BCUT2D eigenvalue weighted by atomic mass is 10.0. The number of anilines is 1. The molecule has 0 aliphatic rings. The van der Waals surface area contributed by atoms with Crippen molar-refractivity contribution in [3.05, 3.63) is 53.1 Å². The minimum absolute atomic E-state index is 0.0424. The van der Waals surface area contributed by atoms with Crippen LogP contribution in [0.3, 0.4) is 0 Å². The summed E-state index contributed by atoms with van der Waals surface area (Å²) >= 11 is 6.12. The van der Waals surface area contributed by atoms with Gasteiger partial charge in [-0.15, -0.1) is 0 Å². The molecule has 0 aliphatic heterocycles. The maximum atomic E-state index is 6.12. The summed E-state index contributed by atoms with van der Waals surface area (Å²) in [5, 5.41) is 3.91. The van der Waals surface area contributed by atoms with Crippen LogP contribution in [0.2, 0.25) is 5.02 Å². The Morgan fingerprint density at radius 1 is 1.04 bits per heavy atom. The second-order valence-corrected chi connectivity index (χ2v) is 6.29. The molecule has 3 nitrogen and oxygen atoms in total. The Hall–Kier alpha value is -1.87. The smallest absolute Gasteiger partial charge is 0.137 e. The van der Waals surface area contributed by atoms with E-state index in [1.807, 2.05) is 37.3 Å². The van der Waals surface area contributed by atoms with Gasteiger partial charge in [0.1, 0.15) is 17.6 Å². The molecule has 4 heteroatoms. The Balaban J connectivity index is 1.87. The van der Waals surface area contributed by atoms with Gasteiger partial charge in [0, 0.05) is 5.69 Å². The third-order valence-electron chi connectivity index (χ3n) is 3.63. The Morgan fingerprint density at radius 3 is 2.30 bits per heavy atom. The highest BCUT2D eigenvalue weighted by Crippen LogP contribution is 2.27. The van der Waals surface area contributed by atoms with Crippen LogP contribution < -0.4 is 14.8 Å². The average Bonchev–Trinajstić information content (AvgIpc) is 2.53. The van der Waals surface area contributed by atoms with E-state index in [2.05, 4.69) is 31.3 Å². The van der Waals surface area contributed by atoms with Gasteiger partial charge in [-0.1, -0.05) is 37.6 Å². The summed E-state index contributed by atoms with van der Waals surface area (Å²) in [6.07, 6.45) is 0.0424. The zero-order chi connectivity index (χ0) is 16.8. The quantitative estimate of drug-likeness (QED) is 0.740. The molecule has 2 rings (SSSR count). The molecule has 0 radical (unpaired) electrons. The van der Waals surface area contributed by atoms with E-state index in [9.17, 15) is 0 Å². The van der Waals surface area contributed by atoms with E-state index in [4.69, 9.17) is 21.1 Å². The second kappa shape index (κ2) is 8.11. The van der Waals surface area contributed by atoms with Crippen molar-refractivity contribution in [1.29, 1.82) is 0 Å². The SMILES string of the molecule is COc1ccc(NC[C@H](C)Oc2ccc(C(C)C)cc2)cc1Cl. The van der Waals surface area contributed by atoms with Crippen molar-refractivity contribution in [2.24, 2.45) is 0 Å². The molecule has 0 unspecified atom stereocenters. The van der Waals surface area contributed by atoms with Crippen molar-refractivity contribution < 1.29 is 9.47 Å². The predicted molar refractivity (Wildman–Crippen MR) is 97.1 cm³/mol. The van der Waals surface area contributed by atoms with Crippen molar-refractivity contribution in [3.63, 3.8) is 0 Å². The number of halogens is 1. The highest BCUT2D eigenvalue weighted by atomic mass is 35.5. The van der Waals surface area contributed by atoms with Crippen LogP contribution >= 0.6 is 11.6 Å². The molecule has 0 saturated carbocycles. The van der Waals surface area contributed by atoms with Gasteiger partial charge in [-0.25, -0.2) is 0 Å². The molecule has 0 aromatic heterocycles. The molecule has 1 N–H and O–H groups in total. The molecular formula is C19H24ClNO2. The lowest BCUT2D eigenvalue weighted by molar-refractivity contribution is 0.234. The van der Waals surface area contributed by atoms with Gasteiger partial charge in [0.25, 0.3) is 0 Å². The topological polar surface area (TPSA) is 30.5 Å². The first-order valence-electron chi connectivity index (χ1n) is 7.83. The van der Waals surface area contributed by atoms with Crippen molar-refractivity contribution in [3.8, 4) is 11.5 Å². The number of hydrogen-bond acceptors (Lipinski definition) is 3. The third-order valence-corrected chi connectivity index (χ3v) is 3.92. The van der Waals surface area contributed by atoms with E-state index < -0.39 is 0 Å². The van der Waals surface area contributed by atoms with Gasteiger partial charge < -0.3 is 14.8 Å². The van der Waals surface area contributed by atoms with Crippen molar-refractivity contribution in [2.75, 3.05) is 19.0 Å². The summed E-state index contributed by atoms with van der Waals surface area (Å²) < 4.78 is 11.1. The molecule has 0 heterocycles. The van der Waals surface area contributed by atoms with Gasteiger partial charge in [-0.2, -0.15) is 0 Å². The molecule has 0 bridgehead atoms. The molecule has 2 aromatic carbocycles. The first kappa shape index (κ1) is 17.5. The van der Waals surface area contributed by atoms with Crippen molar-refractivity contribution in [1.82, 2.24) is 0 Å². The van der Waals surface area contributed by atoms with Crippen LogP contribution in [-0.2, 0) is 0 Å². The molecule has 0 amide bonds. The van der Waals surface area contributed by atoms with Crippen molar-refractivity contribution >= 4 is 17.3 Å². The van der Waals surface area contributed by atoms with Gasteiger partial charge in [-0.05, 0) is 48.7 Å². The fraction of sp³-hybridized carbons (Fsp3) is 0.368. The van der Waals surface area contributed by atoms with E-state index in [-0.39, 0.29) is 6.10 Å². The van der Waals surface area contributed by atoms with Gasteiger partial charge in [0.15, 0.2) is 0 Å². The maximum absolute atomic E-state index is 6.12. The van der Waals surface area contributed by atoms with Crippen LogP contribution in [0.1, 0.15) is 32.3 Å². The molecular weight excluding hydrogens is 310 g/mol. The van der Waals surface area contributed by atoms with Gasteiger partial charge >= 0.3 is 0 Å². The van der Waals surface area contributed by atoms with Crippen LogP contribution in [0.5, 0.6) is 11.5 Å².